The summed E-state index contributed by atoms with van der Waals surface area (Å²) in [4.78, 5) is 23.4. The Balaban J connectivity index is 1.97. The maximum Gasteiger partial charge on any atom is 0.239 e. The molecule has 0 aliphatic rings. The van der Waals surface area contributed by atoms with E-state index in [0.717, 1.165) is 5.01 Å². The maximum atomic E-state index is 12.4. The van der Waals surface area contributed by atoms with E-state index in [1.54, 1.807) is 0 Å². The minimum atomic E-state index is -0.325. The summed E-state index contributed by atoms with van der Waals surface area (Å²) in [5, 5.41) is 22.8. The highest BCUT2D eigenvalue weighted by Gasteiger charge is 2.22. The van der Waals surface area contributed by atoms with E-state index in [1.165, 1.54) is 41.4 Å². The van der Waals surface area contributed by atoms with Gasteiger partial charge in [0.15, 0.2) is 4.34 Å². The summed E-state index contributed by atoms with van der Waals surface area (Å²) in [5.74, 6) is -0.0759. The van der Waals surface area contributed by atoms with Gasteiger partial charge in [-0.05, 0) is 6.42 Å². The fraction of sp³-hybridized carbons (Fsp3) is 0.538. The molecule has 1 atom stereocenters. The zero-order valence-electron chi connectivity index (χ0n) is 13.7. The van der Waals surface area contributed by atoms with Crippen LogP contribution in [0.5, 0.6) is 0 Å². The Morgan fingerprint density at radius 1 is 1.08 bits per heavy atom. The molecule has 0 radical (unpaired) electrons. The van der Waals surface area contributed by atoms with Gasteiger partial charge in [-0.1, -0.05) is 55.2 Å². The third-order valence-corrected chi connectivity index (χ3v) is 6.19. The van der Waals surface area contributed by atoms with E-state index < -0.39 is 0 Å². The third-order valence-electron chi connectivity index (χ3n) is 2.76. The van der Waals surface area contributed by atoms with Gasteiger partial charge in [-0.25, -0.2) is 0 Å². The highest BCUT2D eigenvalue weighted by Crippen LogP contribution is 2.31. The van der Waals surface area contributed by atoms with Gasteiger partial charge in [-0.15, -0.1) is 20.4 Å². The van der Waals surface area contributed by atoms with Crippen molar-refractivity contribution in [3.05, 3.63) is 5.01 Å². The second-order valence-electron chi connectivity index (χ2n) is 5.16. The van der Waals surface area contributed by atoms with Crippen molar-refractivity contribution in [3.63, 3.8) is 0 Å². The van der Waals surface area contributed by atoms with Crippen molar-refractivity contribution in [3.8, 4) is 0 Å². The lowest BCUT2D eigenvalue weighted by atomic mass is 10.2. The zero-order valence-corrected chi connectivity index (χ0v) is 16.1. The Kier molecular flexibility index (Phi) is 6.63. The first kappa shape index (κ1) is 18.7. The fourth-order valence-corrected chi connectivity index (χ4v) is 4.32. The molecule has 0 saturated heterocycles. The van der Waals surface area contributed by atoms with Crippen LogP contribution in [0.4, 0.5) is 10.3 Å². The molecule has 8 nitrogen and oxygen atoms in total. The fourth-order valence-electron chi connectivity index (χ4n) is 1.61. The van der Waals surface area contributed by atoms with Crippen LogP contribution in [0.2, 0.25) is 0 Å². The highest BCUT2D eigenvalue weighted by atomic mass is 32.2. The molecule has 0 unspecified atom stereocenters. The van der Waals surface area contributed by atoms with Gasteiger partial charge in [0, 0.05) is 12.8 Å². The van der Waals surface area contributed by atoms with Crippen molar-refractivity contribution in [1.82, 2.24) is 20.4 Å². The normalized spacial score (nSPS) is 12.2. The van der Waals surface area contributed by atoms with E-state index in [9.17, 15) is 9.59 Å². The van der Waals surface area contributed by atoms with Gasteiger partial charge in [0.05, 0.1) is 5.25 Å². The first-order valence-electron chi connectivity index (χ1n) is 7.31. The number of thioether (sulfide) groups is 1. The molecule has 0 spiro atoms. The van der Waals surface area contributed by atoms with Crippen LogP contribution in [-0.2, 0) is 9.59 Å². The number of nitrogens with one attached hydrogen (secondary N) is 2. The van der Waals surface area contributed by atoms with E-state index in [4.69, 9.17) is 0 Å². The van der Waals surface area contributed by atoms with E-state index >= 15 is 0 Å². The highest BCUT2D eigenvalue weighted by molar-refractivity contribution is 8.02. The van der Waals surface area contributed by atoms with E-state index in [0.29, 0.717) is 21.0 Å². The topological polar surface area (TPSA) is 110 Å². The Labute approximate surface area is 151 Å². The summed E-state index contributed by atoms with van der Waals surface area (Å²) in [7, 11) is 0. The van der Waals surface area contributed by atoms with Gasteiger partial charge >= 0.3 is 0 Å². The lowest BCUT2D eigenvalue weighted by Gasteiger charge is -2.10. The van der Waals surface area contributed by atoms with Gasteiger partial charge < -0.3 is 5.32 Å². The summed E-state index contributed by atoms with van der Waals surface area (Å²) in [6.07, 6.45) is 0.626. The standard InChI is InChI=1S/C13H18N6O2S3/c1-5-8(22-13-19-18-11(24-13)14-7(4)20)9(21)15-12-17-16-10(23-12)6(2)3/h6,8H,5H2,1-4H3,(H,14,18,20)(H,15,17,21)/t8-/m0/s1. The largest absolute Gasteiger partial charge is 0.301 e. The molecule has 2 rings (SSSR count). The minimum Gasteiger partial charge on any atom is -0.301 e. The predicted octanol–water partition coefficient (Wildman–Crippen LogP) is 2.98. The summed E-state index contributed by atoms with van der Waals surface area (Å²) >= 11 is 3.93. The number of hydrogen-bond donors (Lipinski definition) is 2. The van der Waals surface area contributed by atoms with E-state index in [2.05, 4.69) is 31.0 Å². The van der Waals surface area contributed by atoms with Crippen LogP contribution in [0.25, 0.3) is 0 Å². The summed E-state index contributed by atoms with van der Waals surface area (Å²) in [6, 6.07) is 0. The van der Waals surface area contributed by atoms with Gasteiger partial charge in [0.25, 0.3) is 0 Å². The molecular weight excluding hydrogens is 368 g/mol. The van der Waals surface area contributed by atoms with Crippen LogP contribution >= 0.6 is 34.4 Å². The number of nitrogens with zero attached hydrogens (tertiary/aromatic N) is 4. The molecule has 0 bridgehead atoms. The summed E-state index contributed by atoms with van der Waals surface area (Å²) in [5.41, 5.74) is 0. The van der Waals surface area contributed by atoms with Crippen LogP contribution in [0, 0.1) is 0 Å². The molecule has 2 amide bonds. The first-order chi connectivity index (χ1) is 11.4. The molecule has 0 aromatic carbocycles. The molecule has 2 aromatic rings. The van der Waals surface area contributed by atoms with Crippen LogP contribution < -0.4 is 10.6 Å². The second kappa shape index (κ2) is 8.49. The average molecular weight is 387 g/mol. The van der Waals surface area contributed by atoms with Crippen LogP contribution in [-0.4, -0.2) is 37.5 Å². The number of carbonyl (C=O) groups is 2. The molecule has 2 aromatic heterocycles. The Morgan fingerprint density at radius 2 is 1.75 bits per heavy atom. The van der Waals surface area contributed by atoms with E-state index in [-0.39, 0.29) is 23.0 Å². The number of amides is 2. The first-order valence-corrected chi connectivity index (χ1v) is 9.82. The Bertz CT molecular complexity index is 714. The number of aromatic nitrogens is 4. The monoisotopic (exact) mass is 386 g/mol. The van der Waals surface area contributed by atoms with Crippen molar-refractivity contribution in [1.29, 1.82) is 0 Å². The molecular formula is C13H18N6O2S3. The lowest BCUT2D eigenvalue weighted by molar-refractivity contribution is -0.116. The summed E-state index contributed by atoms with van der Waals surface area (Å²) < 4.78 is 0.626. The number of rotatable bonds is 7. The van der Waals surface area contributed by atoms with Crippen molar-refractivity contribution in [2.24, 2.45) is 0 Å². The number of hydrogen-bond acceptors (Lipinski definition) is 9. The molecule has 0 aliphatic carbocycles. The van der Waals surface area contributed by atoms with Crippen molar-refractivity contribution in [2.45, 2.75) is 49.6 Å². The molecule has 0 saturated carbocycles. The SMILES string of the molecule is CC[C@H](Sc1nnc(NC(C)=O)s1)C(=O)Nc1nnc(C(C)C)s1. The van der Waals surface area contributed by atoms with Gasteiger partial charge in [0.2, 0.25) is 22.1 Å². The molecule has 11 heteroatoms. The maximum absolute atomic E-state index is 12.4. The van der Waals surface area contributed by atoms with Gasteiger partial charge in [-0.2, -0.15) is 0 Å². The van der Waals surface area contributed by atoms with Gasteiger partial charge in [0.1, 0.15) is 5.01 Å². The smallest absolute Gasteiger partial charge is 0.239 e. The molecule has 0 aliphatic heterocycles. The zero-order chi connectivity index (χ0) is 17.7. The molecule has 2 N–H and O–H groups in total. The number of anilines is 2. The quantitative estimate of drug-likeness (QED) is 0.556. The van der Waals surface area contributed by atoms with Crippen molar-refractivity contribution in [2.75, 3.05) is 10.6 Å². The van der Waals surface area contributed by atoms with Crippen LogP contribution in [0.1, 0.15) is 45.0 Å². The van der Waals surface area contributed by atoms with Gasteiger partial charge in [-0.3, -0.25) is 14.9 Å². The Hall–Kier alpha value is -1.59. The summed E-state index contributed by atoms with van der Waals surface area (Å²) in [6.45, 7) is 7.38. The van der Waals surface area contributed by atoms with Crippen molar-refractivity contribution < 1.29 is 9.59 Å². The van der Waals surface area contributed by atoms with Crippen molar-refractivity contribution >= 4 is 56.5 Å². The van der Waals surface area contributed by atoms with Crippen LogP contribution in [0.3, 0.4) is 0 Å². The molecule has 130 valence electrons. The second-order valence-corrected chi connectivity index (χ2v) is 8.59. The van der Waals surface area contributed by atoms with E-state index in [1.807, 2.05) is 20.8 Å². The molecule has 2 heterocycles. The third kappa shape index (κ3) is 5.21. The molecule has 0 fully saturated rings. The van der Waals surface area contributed by atoms with Crippen LogP contribution in [0.15, 0.2) is 4.34 Å². The minimum absolute atomic E-state index is 0.148. The Morgan fingerprint density at radius 3 is 2.33 bits per heavy atom. The average Bonchev–Trinajstić information content (AvgIpc) is 3.13. The molecule has 24 heavy (non-hydrogen) atoms. The number of carbonyl (C=O) groups excluding carboxylic acids is 2. The lowest BCUT2D eigenvalue weighted by Crippen LogP contribution is -2.24. The predicted molar refractivity (Wildman–Crippen MR) is 96.8 cm³/mol.